The highest BCUT2D eigenvalue weighted by molar-refractivity contribution is 7.80. The summed E-state index contributed by atoms with van der Waals surface area (Å²) in [6.45, 7) is 8.48. The molecule has 0 aliphatic rings. The summed E-state index contributed by atoms with van der Waals surface area (Å²) in [5.41, 5.74) is 3.17. The van der Waals surface area contributed by atoms with E-state index in [0.29, 0.717) is 0 Å². The van der Waals surface area contributed by atoms with E-state index in [9.17, 15) is 0 Å². The Kier molecular flexibility index (Phi) is 3.09. The molecule has 0 rings (SSSR count). The van der Waals surface area contributed by atoms with E-state index in [-0.39, 0.29) is 0 Å². The fraction of sp³-hybridized carbons (Fsp3) is 0.571. The summed E-state index contributed by atoms with van der Waals surface area (Å²) in [5, 5.41) is 0. The number of hydrogen-bond donors (Lipinski definition) is 0. The molecule has 0 bridgehead atoms. The molecule has 0 heterocycles. The topological polar surface area (TPSA) is 0 Å². The maximum atomic E-state index is 4.81. The first-order chi connectivity index (χ1) is 3.92. The van der Waals surface area contributed by atoms with Gasteiger partial charge in [-0.3, -0.25) is 0 Å². The lowest BCUT2D eigenvalue weighted by Crippen LogP contribution is -2.16. The molecule has 0 nitrogen and oxygen atoms in total. The lowest BCUT2D eigenvalue weighted by atomic mass is 10.5. The lowest BCUT2D eigenvalue weighted by molar-refractivity contribution is 1.81. The van der Waals surface area contributed by atoms with Crippen molar-refractivity contribution in [3.8, 4) is 11.5 Å². The fourth-order valence-electron chi connectivity index (χ4n) is 0.276. The molecule has 0 N–H and O–H groups in total. The van der Waals surface area contributed by atoms with Crippen LogP contribution in [0.4, 0.5) is 0 Å². The van der Waals surface area contributed by atoms with Gasteiger partial charge in [-0.1, -0.05) is 37.8 Å². The molecule has 0 radical (unpaired) electrons. The van der Waals surface area contributed by atoms with Crippen LogP contribution in [-0.2, 0) is 0 Å². The van der Waals surface area contributed by atoms with Gasteiger partial charge in [0.2, 0.25) is 0 Å². The molecular weight excluding hydrogens is 144 g/mol. The first kappa shape index (κ1) is 8.87. The number of thiocarbonyl (C=S) groups is 1. The maximum Gasteiger partial charge on any atom is 0.129 e. The van der Waals surface area contributed by atoms with Gasteiger partial charge in [0.25, 0.3) is 0 Å². The van der Waals surface area contributed by atoms with Crippen LogP contribution in [0.25, 0.3) is 0 Å². The van der Waals surface area contributed by atoms with Crippen LogP contribution in [-0.4, -0.2) is 12.9 Å². The maximum absolute atomic E-state index is 4.81. The van der Waals surface area contributed by atoms with E-state index in [0.717, 1.165) is 4.86 Å². The lowest BCUT2D eigenvalue weighted by Gasteiger charge is -2.02. The van der Waals surface area contributed by atoms with Crippen LogP contribution in [0.1, 0.15) is 6.92 Å². The largest absolute Gasteiger partial charge is 0.129 e. The van der Waals surface area contributed by atoms with Gasteiger partial charge in [0, 0.05) is 0 Å². The third-order valence-electron chi connectivity index (χ3n) is 0.614. The van der Waals surface area contributed by atoms with Crippen molar-refractivity contribution in [2.45, 2.75) is 26.6 Å². The Morgan fingerprint density at radius 2 is 1.78 bits per heavy atom. The normalized spacial score (nSPS) is 9.78. The second kappa shape index (κ2) is 3.14. The van der Waals surface area contributed by atoms with Gasteiger partial charge >= 0.3 is 0 Å². The summed E-state index contributed by atoms with van der Waals surface area (Å²) in [6, 6.07) is 0. The van der Waals surface area contributed by atoms with Crippen molar-refractivity contribution < 1.29 is 0 Å². The van der Waals surface area contributed by atoms with Gasteiger partial charge in [-0.2, -0.15) is 0 Å². The van der Waals surface area contributed by atoms with Gasteiger partial charge in [0.05, 0.1) is 4.86 Å². The Morgan fingerprint density at radius 1 is 1.33 bits per heavy atom. The first-order valence-corrected chi connectivity index (χ1v) is 6.86. The van der Waals surface area contributed by atoms with Crippen LogP contribution in [0.15, 0.2) is 0 Å². The molecule has 2 heteroatoms. The molecule has 0 amide bonds. The molecular formula is C7H12SSi. The predicted molar refractivity (Wildman–Crippen MR) is 49.4 cm³/mol. The Morgan fingerprint density at radius 3 is 1.89 bits per heavy atom. The van der Waals surface area contributed by atoms with E-state index < -0.39 is 8.07 Å². The van der Waals surface area contributed by atoms with Crippen LogP contribution in [0, 0.1) is 11.5 Å². The average molecular weight is 156 g/mol. The Labute approximate surface area is 63.7 Å². The average Bonchev–Trinajstić information content (AvgIpc) is 1.59. The third kappa shape index (κ3) is 7.87. The van der Waals surface area contributed by atoms with E-state index in [1.165, 1.54) is 0 Å². The van der Waals surface area contributed by atoms with Crippen molar-refractivity contribution in [2.24, 2.45) is 0 Å². The summed E-state index contributed by atoms with van der Waals surface area (Å²) >= 11 is 4.81. The van der Waals surface area contributed by atoms with Gasteiger partial charge in [-0.05, 0) is 6.92 Å². The van der Waals surface area contributed by atoms with Crippen LogP contribution >= 0.6 is 12.2 Å². The zero-order chi connectivity index (χ0) is 7.49. The van der Waals surface area contributed by atoms with Crippen LogP contribution in [0.5, 0.6) is 0 Å². The fourth-order valence-corrected chi connectivity index (χ4v) is 0.980. The monoisotopic (exact) mass is 156 g/mol. The van der Waals surface area contributed by atoms with Crippen molar-refractivity contribution in [1.29, 1.82) is 0 Å². The SMILES string of the molecule is CC(=S)C#C[Si](C)(C)C. The van der Waals surface area contributed by atoms with Crippen LogP contribution in [0.3, 0.4) is 0 Å². The zero-order valence-corrected chi connectivity index (χ0v) is 8.22. The highest BCUT2D eigenvalue weighted by Gasteiger charge is 2.06. The molecule has 0 spiro atoms. The summed E-state index contributed by atoms with van der Waals surface area (Å²) in [5.74, 6) is 2.93. The molecule has 0 aromatic carbocycles. The molecule has 0 aromatic rings. The smallest absolute Gasteiger partial charge is 0.126 e. The molecule has 0 saturated heterocycles. The highest BCUT2D eigenvalue weighted by atomic mass is 32.1. The standard InChI is InChI=1S/C7H12SSi/c1-7(8)5-6-9(2,3)4/h1-4H3. The first-order valence-electron chi connectivity index (χ1n) is 2.95. The van der Waals surface area contributed by atoms with Gasteiger partial charge < -0.3 is 0 Å². The van der Waals surface area contributed by atoms with E-state index in [1.807, 2.05) is 6.92 Å². The molecule has 0 aromatic heterocycles. The summed E-state index contributed by atoms with van der Waals surface area (Å²) in [4.78, 5) is 0.803. The van der Waals surface area contributed by atoms with E-state index in [1.54, 1.807) is 0 Å². The third-order valence-corrected chi connectivity index (χ3v) is 1.59. The van der Waals surface area contributed by atoms with Crippen molar-refractivity contribution in [3.63, 3.8) is 0 Å². The molecule has 50 valence electrons. The molecule has 0 aliphatic heterocycles. The molecule has 0 atom stereocenters. The summed E-state index contributed by atoms with van der Waals surface area (Å²) < 4.78 is 0. The van der Waals surface area contributed by atoms with Crippen molar-refractivity contribution in [3.05, 3.63) is 0 Å². The van der Waals surface area contributed by atoms with Gasteiger partial charge in [-0.25, -0.2) is 0 Å². The Balaban J connectivity index is 4.04. The van der Waals surface area contributed by atoms with Gasteiger partial charge in [0.1, 0.15) is 8.07 Å². The predicted octanol–water partition coefficient (Wildman–Crippen LogP) is 2.26. The quantitative estimate of drug-likeness (QED) is 0.294. The highest BCUT2D eigenvalue weighted by Crippen LogP contribution is 1.95. The second-order valence-electron chi connectivity index (χ2n) is 3.06. The molecule has 0 aliphatic carbocycles. The van der Waals surface area contributed by atoms with E-state index >= 15 is 0 Å². The number of hydrogen-bond acceptors (Lipinski definition) is 1. The minimum Gasteiger partial charge on any atom is -0.126 e. The molecule has 9 heavy (non-hydrogen) atoms. The Bertz CT molecular complexity index is 166. The minimum atomic E-state index is -1.17. The van der Waals surface area contributed by atoms with E-state index in [2.05, 4.69) is 31.1 Å². The number of rotatable bonds is 0. The summed E-state index contributed by atoms with van der Waals surface area (Å²) in [7, 11) is -1.17. The van der Waals surface area contributed by atoms with Crippen molar-refractivity contribution >= 4 is 25.2 Å². The van der Waals surface area contributed by atoms with Gasteiger partial charge in [-0.15, -0.1) is 5.54 Å². The van der Waals surface area contributed by atoms with Crippen molar-refractivity contribution in [2.75, 3.05) is 0 Å². The minimum absolute atomic E-state index is 0.803. The molecule has 0 fully saturated rings. The zero-order valence-electron chi connectivity index (χ0n) is 6.41. The Hall–Kier alpha value is -0.133. The van der Waals surface area contributed by atoms with Crippen LogP contribution < -0.4 is 0 Å². The van der Waals surface area contributed by atoms with Gasteiger partial charge in [0.15, 0.2) is 0 Å². The summed E-state index contributed by atoms with van der Waals surface area (Å²) in [6.07, 6.45) is 0. The van der Waals surface area contributed by atoms with E-state index in [4.69, 9.17) is 12.2 Å². The van der Waals surface area contributed by atoms with Crippen molar-refractivity contribution in [1.82, 2.24) is 0 Å². The molecule has 0 unspecified atom stereocenters. The molecule has 0 saturated carbocycles. The van der Waals surface area contributed by atoms with Crippen LogP contribution in [0.2, 0.25) is 19.6 Å². The second-order valence-corrected chi connectivity index (χ2v) is 8.42.